The Labute approximate surface area is 154 Å². The Morgan fingerprint density at radius 3 is 2.52 bits per heavy atom. The number of anilines is 1. The van der Waals surface area contributed by atoms with Gasteiger partial charge in [0.15, 0.2) is 5.69 Å². The lowest BCUT2D eigenvalue weighted by atomic mass is 10.0. The summed E-state index contributed by atoms with van der Waals surface area (Å²) in [5, 5.41) is 13.6. The maximum Gasteiger partial charge on any atom is 0.252 e. The molecule has 0 amide bonds. The van der Waals surface area contributed by atoms with Crippen molar-refractivity contribution in [3.63, 3.8) is 0 Å². The second-order valence-corrected chi connectivity index (χ2v) is 6.47. The maximum absolute atomic E-state index is 13.1. The summed E-state index contributed by atoms with van der Waals surface area (Å²) < 4.78 is 1.43. The second kappa shape index (κ2) is 6.92. The van der Waals surface area contributed by atoms with E-state index in [1.54, 1.807) is 24.3 Å². The lowest BCUT2D eigenvalue weighted by molar-refractivity contribution is -0.670. The minimum absolute atomic E-state index is 0.200. The Bertz CT molecular complexity index is 946. The number of benzene rings is 2. The molecule has 0 saturated heterocycles. The fourth-order valence-corrected chi connectivity index (χ4v) is 3.24. The summed E-state index contributed by atoms with van der Waals surface area (Å²) in [4.78, 5) is 13.9. The van der Waals surface area contributed by atoms with E-state index in [0.29, 0.717) is 36.1 Å². The van der Waals surface area contributed by atoms with Gasteiger partial charge in [0.25, 0.3) is 5.52 Å². The van der Waals surface area contributed by atoms with Crippen molar-refractivity contribution in [2.75, 3.05) is 12.3 Å². The minimum atomic E-state index is -0.335. The number of halogens is 2. The van der Waals surface area contributed by atoms with Crippen LogP contribution >= 0.6 is 23.2 Å². The topological polar surface area (TPSA) is 103 Å². The highest BCUT2D eigenvalue weighted by molar-refractivity contribution is 6.39. The minimum Gasteiger partial charge on any atom is -0.595 e. The van der Waals surface area contributed by atoms with Crippen LogP contribution in [0.25, 0.3) is 10.9 Å². The van der Waals surface area contributed by atoms with Crippen molar-refractivity contribution in [3.8, 4) is 0 Å². The number of carbonyl (C=O) groups excluding carboxylic acids is 1. The summed E-state index contributed by atoms with van der Waals surface area (Å²) in [6.07, 6.45) is 0.673. The molecule has 1 heterocycles. The van der Waals surface area contributed by atoms with Crippen molar-refractivity contribution in [2.45, 2.75) is 13.0 Å². The third-order valence-corrected chi connectivity index (χ3v) is 4.64. The molecule has 0 fully saturated rings. The first kappa shape index (κ1) is 17.5. The van der Waals surface area contributed by atoms with E-state index in [0.717, 1.165) is 4.85 Å². The van der Waals surface area contributed by atoms with Gasteiger partial charge in [-0.1, -0.05) is 40.2 Å². The number of ketones is 1. The summed E-state index contributed by atoms with van der Waals surface area (Å²) >= 11 is 12.1. The molecule has 0 radical (unpaired) electrons. The molecule has 0 aliphatic carbocycles. The van der Waals surface area contributed by atoms with E-state index in [1.807, 2.05) is 0 Å². The Morgan fingerprint density at radius 1 is 1.24 bits per heavy atom. The van der Waals surface area contributed by atoms with E-state index in [2.05, 4.69) is 5.73 Å². The number of fused-ring (bicyclic) bond motifs is 1. The molecule has 3 aromatic rings. The Hall–Kier alpha value is -2.28. The highest BCUT2D eigenvalue weighted by Gasteiger charge is 2.27. The molecule has 5 N–H and O–H groups in total. The molecule has 0 unspecified atom stereocenters. The summed E-state index contributed by atoms with van der Waals surface area (Å²) in [6, 6.07) is 9.91. The van der Waals surface area contributed by atoms with Gasteiger partial charge in [-0.15, -0.1) is 4.68 Å². The number of hydrogen-bond donors (Lipinski definition) is 2. The van der Waals surface area contributed by atoms with Crippen molar-refractivity contribution in [1.82, 2.24) is 4.68 Å². The molecular formula is C17H17Cl2N4O2+. The average molecular weight is 380 g/mol. The fraction of sp³-hybridized carbons (Fsp3) is 0.176. The van der Waals surface area contributed by atoms with Crippen LogP contribution in [-0.2, 0) is 6.54 Å². The first-order valence-electron chi connectivity index (χ1n) is 7.75. The first-order chi connectivity index (χ1) is 12.0. The Balaban J connectivity index is 2.21. The molecule has 0 spiro atoms. The van der Waals surface area contributed by atoms with Gasteiger partial charge in [0.2, 0.25) is 5.78 Å². The van der Waals surface area contributed by atoms with Crippen LogP contribution in [0, 0.1) is 5.21 Å². The molecule has 0 bridgehead atoms. The van der Waals surface area contributed by atoms with E-state index < -0.39 is 0 Å². The summed E-state index contributed by atoms with van der Waals surface area (Å²) in [5.74, 6) is -0.335. The molecule has 3 rings (SSSR count). The van der Waals surface area contributed by atoms with Gasteiger partial charge in [-0.05, 0) is 18.2 Å². The lowest BCUT2D eigenvalue weighted by Gasteiger charge is -2.08. The monoisotopic (exact) mass is 379 g/mol. The van der Waals surface area contributed by atoms with Gasteiger partial charge >= 0.3 is 0 Å². The van der Waals surface area contributed by atoms with Crippen LogP contribution in [0.2, 0.25) is 10.0 Å². The summed E-state index contributed by atoms with van der Waals surface area (Å²) in [7, 11) is 0. The molecule has 2 aromatic carbocycles. The smallest absolute Gasteiger partial charge is 0.252 e. The fourth-order valence-electron chi connectivity index (χ4n) is 2.76. The number of para-hydroxylation sites is 1. The van der Waals surface area contributed by atoms with Crippen molar-refractivity contribution >= 4 is 45.6 Å². The number of carbonyl (C=O) groups is 1. The van der Waals surface area contributed by atoms with Crippen LogP contribution in [0.1, 0.15) is 22.5 Å². The highest BCUT2D eigenvalue weighted by Crippen LogP contribution is 2.30. The van der Waals surface area contributed by atoms with E-state index >= 15 is 0 Å². The van der Waals surface area contributed by atoms with Crippen LogP contribution in [0.15, 0.2) is 36.4 Å². The standard InChI is InChI=1S/C17H16Cl2N4O2/c18-12-8-10(9-13(19)15(12)21)17(24)16-11-4-1-2-5-14(11)23(25)22(16)7-3-6-20/h1-2,4-5,8-9H,3,6-7,20-21H2/p+1. The molecule has 0 atom stereocenters. The van der Waals surface area contributed by atoms with Gasteiger partial charge in [-0.3, -0.25) is 4.79 Å². The first-order valence-corrected chi connectivity index (χ1v) is 8.50. The number of nitrogen functional groups attached to an aromatic ring is 1. The van der Waals surface area contributed by atoms with Gasteiger partial charge in [0.1, 0.15) is 0 Å². The molecule has 8 heteroatoms. The van der Waals surface area contributed by atoms with E-state index in [1.165, 1.54) is 16.8 Å². The van der Waals surface area contributed by atoms with Gasteiger partial charge in [-0.2, -0.15) is 0 Å². The van der Waals surface area contributed by atoms with Crippen LogP contribution in [0.5, 0.6) is 0 Å². The van der Waals surface area contributed by atoms with Crippen molar-refractivity contribution in [3.05, 3.63) is 62.9 Å². The lowest BCUT2D eigenvalue weighted by Crippen LogP contribution is -2.51. The van der Waals surface area contributed by atoms with Crippen molar-refractivity contribution in [2.24, 2.45) is 0 Å². The van der Waals surface area contributed by atoms with Gasteiger partial charge in [0, 0.05) is 18.1 Å². The number of nitrogens with two attached hydrogens (primary N) is 1. The third kappa shape index (κ3) is 3.04. The molecule has 0 aliphatic rings. The maximum atomic E-state index is 13.1. The predicted molar refractivity (Wildman–Crippen MR) is 97.6 cm³/mol. The largest absolute Gasteiger partial charge is 0.595 e. The van der Waals surface area contributed by atoms with Crippen LogP contribution in [-0.4, -0.2) is 17.0 Å². The molecule has 130 valence electrons. The van der Waals surface area contributed by atoms with Crippen LogP contribution in [0.4, 0.5) is 5.69 Å². The summed E-state index contributed by atoms with van der Waals surface area (Å²) in [5.41, 5.74) is 10.8. The zero-order chi connectivity index (χ0) is 18.1. The van der Waals surface area contributed by atoms with Gasteiger partial charge in [-0.25, -0.2) is 0 Å². The normalized spacial score (nSPS) is 11.2. The predicted octanol–water partition coefficient (Wildman–Crippen LogP) is 2.03. The number of nitrogens with zero attached hydrogens (tertiary/aromatic N) is 2. The molecular weight excluding hydrogens is 363 g/mol. The van der Waals surface area contributed by atoms with E-state index in [9.17, 15) is 10.0 Å². The van der Waals surface area contributed by atoms with E-state index in [-0.39, 0.29) is 27.1 Å². The van der Waals surface area contributed by atoms with Crippen LogP contribution < -0.4 is 16.3 Å². The molecule has 0 saturated carbocycles. The third-order valence-electron chi connectivity index (χ3n) is 4.02. The molecule has 25 heavy (non-hydrogen) atoms. The van der Waals surface area contributed by atoms with E-state index in [4.69, 9.17) is 28.9 Å². The zero-order valence-electron chi connectivity index (χ0n) is 13.3. The summed E-state index contributed by atoms with van der Waals surface area (Å²) in [6.45, 7) is 1.04. The number of hydrogen-bond acceptors (Lipinski definition) is 3. The van der Waals surface area contributed by atoms with Gasteiger partial charge < -0.3 is 16.7 Å². The SMILES string of the molecule is Nc1c(Cl)cc(C(=O)c2c3ccccc3[n+]([O-])n2CCC[NH3+])cc1Cl. The number of rotatable bonds is 5. The van der Waals surface area contributed by atoms with Crippen molar-refractivity contribution in [1.29, 1.82) is 0 Å². The average Bonchev–Trinajstić information content (AvgIpc) is 2.89. The Kier molecular flexibility index (Phi) is 4.85. The highest BCUT2D eigenvalue weighted by atomic mass is 35.5. The number of aromatic nitrogens is 2. The quantitative estimate of drug-likeness (QED) is 0.306. The molecule has 0 aliphatic heterocycles. The van der Waals surface area contributed by atoms with Crippen molar-refractivity contribution < 1.29 is 15.4 Å². The Morgan fingerprint density at radius 2 is 1.88 bits per heavy atom. The van der Waals surface area contributed by atoms with Crippen LogP contribution in [0.3, 0.4) is 0 Å². The molecule has 1 aromatic heterocycles. The second-order valence-electron chi connectivity index (χ2n) is 5.65. The zero-order valence-corrected chi connectivity index (χ0v) is 14.8. The number of quaternary nitrogens is 1. The van der Waals surface area contributed by atoms with Gasteiger partial charge in [0.05, 0.1) is 34.2 Å². The molecule has 6 nitrogen and oxygen atoms in total.